The van der Waals surface area contributed by atoms with Crippen LogP contribution < -0.4 is 16.0 Å². The molecule has 7 nitrogen and oxygen atoms in total. The van der Waals surface area contributed by atoms with Gasteiger partial charge in [0.25, 0.3) is 5.91 Å². The Morgan fingerprint density at radius 2 is 1.57 bits per heavy atom. The van der Waals surface area contributed by atoms with Crippen molar-refractivity contribution in [2.45, 2.75) is 32.6 Å². The fraction of sp³-hybridized carbons (Fsp3) is 0.286. The summed E-state index contributed by atoms with van der Waals surface area (Å²) < 4.78 is 0. The Bertz CT molecular complexity index is 819. The molecule has 0 aromatic heterocycles. The van der Waals surface area contributed by atoms with Gasteiger partial charge in [-0.05, 0) is 55.3 Å². The monoisotopic (exact) mass is 383 g/mol. The van der Waals surface area contributed by atoms with E-state index in [1.54, 1.807) is 36.4 Å². The van der Waals surface area contributed by atoms with Crippen LogP contribution in [0.25, 0.3) is 0 Å². The topological polar surface area (TPSA) is 108 Å². The summed E-state index contributed by atoms with van der Waals surface area (Å²) in [7, 11) is 0. The van der Waals surface area contributed by atoms with E-state index in [4.69, 9.17) is 0 Å². The van der Waals surface area contributed by atoms with E-state index in [2.05, 4.69) is 16.0 Å². The molecule has 7 heteroatoms. The largest absolute Gasteiger partial charge is 0.508 e. The Morgan fingerprint density at radius 1 is 0.893 bits per heavy atom. The number of hydrogen-bond donors (Lipinski definition) is 4. The highest BCUT2D eigenvalue weighted by atomic mass is 16.3. The van der Waals surface area contributed by atoms with E-state index in [0.29, 0.717) is 36.3 Å². The number of amides is 3. The third-order valence-electron chi connectivity index (χ3n) is 3.96. The molecule has 0 saturated heterocycles. The summed E-state index contributed by atoms with van der Waals surface area (Å²) in [4.78, 5) is 35.0. The Balaban J connectivity index is 1.61. The van der Waals surface area contributed by atoms with E-state index in [9.17, 15) is 19.5 Å². The smallest absolute Gasteiger partial charge is 0.251 e. The van der Waals surface area contributed by atoms with Crippen molar-refractivity contribution in [2.24, 2.45) is 0 Å². The first-order valence-corrected chi connectivity index (χ1v) is 9.19. The molecule has 0 saturated carbocycles. The molecule has 2 rings (SSSR count). The van der Waals surface area contributed by atoms with Crippen molar-refractivity contribution >= 4 is 29.1 Å². The van der Waals surface area contributed by atoms with Crippen molar-refractivity contribution in [3.05, 3.63) is 54.1 Å². The van der Waals surface area contributed by atoms with E-state index in [1.165, 1.54) is 19.1 Å². The van der Waals surface area contributed by atoms with Crippen molar-refractivity contribution in [1.29, 1.82) is 0 Å². The molecule has 2 aromatic rings. The van der Waals surface area contributed by atoms with Crippen LogP contribution in [0.3, 0.4) is 0 Å². The molecule has 0 unspecified atom stereocenters. The van der Waals surface area contributed by atoms with Gasteiger partial charge in [0.05, 0.1) is 0 Å². The van der Waals surface area contributed by atoms with Crippen molar-refractivity contribution < 1.29 is 19.5 Å². The summed E-state index contributed by atoms with van der Waals surface area (Å²) in [6.07, 6.45) is 2.69. The van der Waals surface area contributed by atoms with Gasteiger partial charge < -0.3 is 21.1 Å². The predicted molar refractivity (Wildman–Crippen MR) is 108 cm³/mol. The molecule has 148 valence electrons. The van der Waals surface area contributed by atoms with Gasteiger partial charge in [-0.25, -0.2) is 0 Å². The number of unbranched alkanes of at least 4 members (excludes halogenated alkanes) is 2. The highest BCUT2D eigenvalue weighted by Gasteiger charge is 2.06. The zero-order valence-corrected chi connectivity index (χ0v) is 15.8. The minimum absolute atomic E-state index is 0.0897. The highest BCUT2D eigenvalue weighted by molar-refractivity contribution is 5.94. The van der Waals surface area contributed by atoms with Crippen LogP contribution in [0.5, 0.6) is 5.75 Å². The van der Waals surface area contributed by atoms with Crippen molar-refractivity contribution in [1.82, 2.24) is 5.32 Å². The second-order valence-electron chi connectivity index (χ2n) is 6.42. The van der Waals surface area contributed by atoms with Crippen molar-refractivity contribution in [3.8, 4) is 5.75 Å². The minimum atomic E-state index is -0.184. The summed E-state index contributed by atoms with van der Waals surface area (Å²) in [5.41, 5.74) is 1.77. The molecule has 0 fully saturated rings. The Labute approximate surface area is 164 Å². The lowest BCUT2D eigenvalue weighted by atomic mass is 10.1. The molecule has 0 heterocycles. The lowest BCUT2D eigenvalue weighted by Gasteiger charge is -2.08. The van der Waals surface area contributed by atoms with Gasteiger partial charge in [0.1, 0.15) is 5.75 Å². The summed E-state index contributed by atoms with van der Waals surface area (Å²) >= 11 is 0. The molecule has 0 radical (unpaired) electrons. The first-order valence-electron chi connectivity index (χ1n) is 9.19. The maximum absolute atomic E-state index is 12.0. The fourth-order valence-electron chi connectivity index (χ4n) is 2.61. The van der Waals surface area contributed by atoms with Crippen LogP contribution in [0, 0.1) is 0 Å². The molecule has 0 bridgehead atoms. The first kappa shape index (κ1) is 21.0. The number of phenolic OH excluding ortho intramolecular Hbond substituents is 1. The van der Waals surface area contributed by atoms with Gasteiger partial charge in [-0.1, -0.05) is 12.5 Å². The lowest BCUT2D eigenvalue weighted by Crippen LogP contribution is -2.24. The molecule has 2 aromatic carbocycles. The number of carbonyl (C=O) groups excluding carboxylic acids is 3. The summed E-state index contributed by atoms with van der Waals surface area (Å²) in [6, 6.07) is 13.1. The van der Waals surface area contributed by atoms with Gasteiger partial charge in [-0.2, -0.15) is 0 Å². The van der Waals surface area contributed by atoms with E-state index < -0.39 is 0 Å². The van der Waals surface area contributed by atoms with Crippen LogP contribution in [0.4, 0.5) is 11.4 Å². The van der Waals surface area contributed by atoms with Gasteiger partial charge >= 0.3 is 0 Å². The molecule has 0 aliphatic heterocycles. The van der Waals surface area contributed by atoms with Crippen molar-refractivity contribution in [3.63, 3.8) is 0 Å². The quantitative estimate of drug-likeness (QED) is 0.498. The summed E-state index contributed by atoms with van der Waals surface area (Å²) in [6.45, 7) is 1.96. The zero-order valence-electron chi connectivity index (χ0n) is 15.8. The number of anilines is 2. The molecular weight excluding hydrogens is 358 g/mol. The maximum Gasteiger partial charge on any atom is 0.251 e. The number of phenols is 1. The number of rotatable bonds is 9. The van der Waals surface area contributed by atoms with Gasteiger partial charge in [0, 0.05) is 36.8 Å². The van der Waals surface area contributed by atoms with Gasteiger partial charge in [-0.15, -0.1) is 0 Å². The molecule has 3 amide bonds. The number of hydrogen-bond acceptors (Lipinski definition) is 4. The molecule has 0 atom stereocenters. The number of aromatic hydroxyl groups is 1. The number of benzene rings is 2. The third-order valence-corrected chi connectivity index (χ3v) is 3.96. The zero-order chi connectivity index (χ0) is 20.4. The fourth-order valence-corrected chi connectivity index (χ4v) is 2.61. The van der Waals surface area contributed by atoms with Crippen molar-refractivity contribution in [2.75, 3.05) is 17.2 Å². The lowest BCUT2D eigenvalue weighted by molar-refractivity contribution is -0.116. The van der Waals surface area contributed by atoms with Crippen LogP contribution in [0.2, 0.25) is 0 Å². The van der Waals surface area contributed by atoms with Crippen LogP contribution in [0.1, 0.15) is 43.0 Å². The van der Waals surface area contributed by atoms with E-state index in [-0.39, 0.29) is 23.5 Å². The first-order chi connectivity index (χ1) is 13.4. The van der Waals surface area contributed by atoms with E-state index in [0.717, 1.165) is 12.8 Å². The van der Waals surface area contributed by atoms with Gasteiger partial charge in [0.15, 0.2) is 0 Å². The summed E-state index contributed by atoms with van der Waals surface area (Å²) in [5, 5.41) is 17.5. The SMILES string of the molecule is CC(=O)Nc1cccc(NC(=O)CCCCCNC(=O)c2ccc(O)cc2)c1. The van der Waals surface area contributed by atoms with Gasteiger partial charge in [0.2, 0.25) is 11.8 Å². The van der Waals surface area contributed by atoms with Crippen LogP contribution in [-0.4, -0.2) is 29.4 Å². The van der Waals surface area contributed by atoms with E-state index >= 15 is 0 Å². The normalized spacial score (nSPS) is 10.2. The van der Waals surface area contributed by atoms with Crippen LogP contribution in [0.15, 0.2) is 48.5 Å². The average molecular weight is 383 g/mol. The Kier molecular flexibility index (Phi) is 8.02. The van der Waals surface area contributed by atoms with Gasteiger partial charge in [-0.3, -0.25) is 14.4 Å². The second kappa shape index (κ2) is 10.7. The Hall–Kier alpha value is -3.35. The number of carbonyl (C=O) groups is 3. The highest BCUT2D eigenvalue weighted by Crippen LogP contribution is 2.15. The maximum atomic E-state index is 12.0. The standard InChI is InChI=1S/C21H25N3O4/c1-15(25)23-17-6-5-7-18(14-17)24-20(27)8-3-2-4-13-22-21(28)16-9-11-19(26)12-10-16/h5-7,9-12,14,26H,2-4,8,13H2,1H3,(H,22,28)(H,23,25)(H,24,27). The minimum Gasteiger partial charge on any atom is -0.508 e. The van der Waals surface area contributed by atoms with Crippen LogP contribution >= 0.6 is 0 Å². The van der Waals surface area contributed by atoms with E-state index in [1.807, 2.05) is 0 Å². The molecule has 0 spiro atoms. The molecule has 0 aliphatic carbocycles. The third kappa shape index (κ3) is 7.49. The number of nitrogens with one attached hydrogen (secondary N) is 3. The average Bonchev–Trinajstić information content (AvgIpc) is 2.64. The molecular formula is C21H25N3O4. The second-order valence-corrected chi connectivity index (χ2v) is 6.42. The van der Waals surface area contributed by atoms with Crippen LogP contribution in [-0.2, 0) is 9.59 Å². The molecule has 28 heavy (non-hydrogen) atoms. The molecule has 0 aliphatic rings. The summed E-state index contributed by atoms with van der Waals surface area (Å²) in [5.74, 6) is -0.317. The molecule has 4 N–H and O–H groups in total. The predicted octanol–water partition coefficient (Wildman–Crippen LogP) is 3.28. The Morgan fingerprint density at radius 3 is 2.25 bits per heavy atom.